The van der Waals surface area contributed by atoms with Crippen molar-refractivity contribution < 1.29 is 22.7 Å². The van der Waals surface area contributed by atoms with Gasteiger partial charge in [-0.25, -0.2) is 0 Å². The number of rotatable bonds is 2. The average molecular weight is 230 g/mol. The first-order chi connectivity index (χ1) is 7.47. The number of hydrogen-bond acceptors (Lipinski definition) is 2. The Bertz CT molecular complexity index is 404. The monoisotopic (exact) mass is 230 g/mol. The number of halogens is 3. The molecule has 16 heavy (non-hydrogen) atoms. The molecule has 1 aliphatic rings. The van der Waals surface area contributed by atoms with E-state index in [4.69, 9.17) is 4.74 Å². The molecule has 0 unspecified atom stereocenters. The molecule has 0 heterocycles. The Labute approximate surface area is 90.0 Å². The third kappa shape index (κ3) is 2.18. The number of ketones is 1. The molecule has 1 aromatic rings. The molecule has 1 saturated carbocycles. The summed E-state index contributed by atoms with van der Waals surface area (Å²) in [7, 11) is 0. The molecule has 0 atom stereocenters. The summed E-state index contributed by atoms with van der Waals surface area (Å²) in [5.74, 6) is -0.179. The first-order valence-corrected chi connectivity index (χ1v) is 4.81. The molecule has 0 saturated heterocycles. The number of benzene rings is 1. The molecular formula is C11H9F3O2. The maximum Gasteiger partial charge on any atom is 0.419 e. The van der Waals surface area contributed by atoms with E-state index < -0.39 is 17.8 Å². The van der Waals surface area contributed by atoms with Crippen molar-refractivity contribution in [3.8, 4) is 5.75 Å². The average Bonchev–Trinajstić information content (AvgIpc) is 2.14. The van der Waals surface area contributed by atoms with Gasteiger partial charge >= 0.3 is 6.18 Å². The summed E-state index contributed by atoms with van der Waals surface area (Å²) in [5, 5.41) is 0. The third-order valence-electron chi connectivity index (χ3n) is 2.40. The van der Waals surface area contributed by atoms with Gasteiger partial charge in [-0.15, -0.1) is 0 Å². The quantitative estimate of drug-likeness (QED) is 0.780. The van der Waals surface area contributed by atoms with Crippen molar-refractivity contribution in [3.05, 3.63) is 29.8 Å². The van der Waals surface area contributed by atoms with E-state index in [0.717, 1.165) is 6.07 Å². The van der Waals surface area contributed by atoms with Crippen LogP contribution in [-0.2, 0) is 11.0 Å². The summed E-state index contributed by atoms with van der Waals surface area (Å²) in [6.45, 7) is 0. The molecule has 2 nitrogen and oxygen atoms in total. The van der Waals surface area contributed by atoms with Gasteiger partial charge in [-0.1, -0.05) is 12.1 Å². The van der Waals surface area contributed by atoms with E-state index in [0.29, 0.717) is 0 Å². The Morgan fingerprint density at radius 1 is 1.19 bits per heavy atom. The predicted molar refractivity (Wildman–Crippen MR) is 50.1 cm³/mol. The van der Waals surface area contributed by atoms with Gasteiger partial charge in [0.15, 0.2) is 0 Å². The lowest BCUT2D eigenvalue weighted by atomic mass is 9.94. The van der Waals surface area contributed by atoms with Crippen LogP contribution in [0.25, 0.3) is 0 Å². The lowest BCUT2D eigenvalue weighted by Gasteiger charge is -2.26. The van der Waals surface area contributed by atoms with E-state index in [1.54, 1.807) is 0 Å². The summed E-state index contributed by atoms with van der Waals surface area (Å²) >= 11 is 0. The molecule has 0 spiro atoms. The van der Waals surface area contributed by atoms with Crippen molar-refractivity contribution in [2.75, 3.05) is 0 Å². The lowest BCUT2D eigenvalue weighted by molar-refractivity contribution is -0.140. The molecule has 5 heteroatoms. The van der Waals surface area contributed by atoms with Crippen molar-refractivity contribution in [2.24, 2.45) is 0 Å². The molecule has 0 aliphatic heterocycles. The van der Waals surface area contributed by atoms with Crippen LogP contribution in [0.1, 0.15) is 18.4 Å². The molecule has 1 aliphatic carbocycles. The van der Waals surface area contributed by atoms with E-state index in [1.165, 1.54) is 18.2 Å². The minimum Gasteiger partial charge on any atom is -0.489 e. The Balaban J connectivity index is 2.17. The summed E-state index contributed by atoms with van der Waals surface area (Å²) in [5.41, 5.74) is -0.797. The maximum atomic E-state index is 12.6. The number of carbonyl (C=O) groups excluding carboxylic acids is 1. The van der Waals surface area contributed by atoms with Crippen LogP contribution in [0, 0.1) is 0 Å². The van der Waals surface area contributed by atoms with Gasteiger partial charge in [0.25, 0.3) is 0 Å². The highest BCUT2D eigenvalue weighted by Gasteiger charge is 2.36. The zero-order valence-electron chi connectivity index (χ0n) is 8.25. The van der Waals surface area contributed by atoms with Gasteiger partial charge in [-0.2, -0.15) is 13.2 Å². The molecule has 0 aromatic heterocycles. The van der Waals surface area contributed by atoms with Crippen LogP contribution < -0.4 is 4.74 Å². The fourth-order valence-corrected chi connectivity index (χ4v) is 1.51. The standard InChI is InChI=1S/C11H9F3O2/c12-11(13,14)9-3-1-2-4-10(9)16-8-5-7(15)6-8/h1-4,8H,5-6H2. The fraction of sp³-hybridized carbons (Fsp3) is 0.364. The fourth-order valence-electron chi connectivity index (χ4n) is 1.51. The normalized spacial score (nSPS) is 17.1. The van der Waals surface area contributed by atoms with Crippen molar-refractivity contribution in [1.29, 1.82) is 0 Å². The van der Waals surface area contributed by atoms with E-state index in [1.807, 2.05) is 0 Å². The van der Waals surface area contributed by atoms with Crippen molar-refractivity contribution in [2.45, 2.75) is 25.1 Å². The molecule has 0 N–H and O–H groups in total. The second-order valence-electron chi connectivity index (χ2n) is 3.68. The maximum absolute atomic E-state index is 12.6. The largest absolute Gasteiger partial charge is 0.489 e. The smallest absolute Gasteiger partial charge is 0.419 e. The first kappa shape index (κ1) is 11.0. The minimum absolute atomic E-state index is 0.0227. The van der Waals surface area contributed by atoms with E-state index in [9.17, 15) is 18.0 Å². The van der Waals surface area contributed by atoms with Gasteiger partial charge in [0, 0.05) is 12.8 Å². The SMILES string of the molecule is O=C1CC(Oc2ccccc2C(F)(F)F)C1. The van der Waals surface area contributed by atoms with Crippen LogP contribution in [0.15, 0.2) is 24.3 Å². The van der Waals surface area contributed by atoms with Crippen LogP contribution in [0.5, 0.6) is 5.75 Å². The minimum atomic E-state index is -4.43. The van der Waals surface area contributed by atoms with Crippen molar-refractivity contribution >= 4 is 5.78 Å². The lowest BCUT2D eigenvalue weighted by Crippen LogP contribution is -2.34. The van der Waals surface area contributed by atoms with Gasteiger partial charge in [0.2, 0.25) is 0 Å². The molecule has 1 aromatic carbocycles. The van der Waals surface area contributed by atoms with Crippen LogP contribution in [0.3, 0.4) is 0 Å². The molecular weight excluding hydrogens is 221 g/mol. The van der Waals surface area contributed by atoms with Gasteiger partial charge in [0.1, 0.15) is 17.6 Å². The van der Waals surface area contributed by atoms with Gasteiger partial charge in [-0.3, -0.25) is 4.79 Å². The summed E-state index contributed by atoms with van der Waals surface area (Å²) in [6.07, 6.45) is -4.43. The number of Topliss-reactive ketones (excluding diaryl/α,β-unsaturated/α-hetero) is 1. The number of ether oxygens (including phenoxy) is 1. The number of carbonyl (C=O) groups is 1. The molecule has 0 bridgehead atoms. The second kappa shape index (κ2) is 3.81. The Morgan fingerprint density at radius 2 is 1.81 bits per heavy atom. The molecule has 0 amide bonds. The highest BCUT2D eigenvalue weighted by molar-refractivity contribution is 5.85. The van der Waals surface area contributed by atoms with Gasteiger partial charge in [0.05, 0.1) is 5.56 Å². The Hall–Kier alpha value is -1.52. The Morgan fingerprint density at radius 3 is 2.38 bits per heavy atom. The van der Waals surface area contributed by atoms with Gasteiger partial charge in [-0.05, 0) is 12.1 Å². The Kier molecular flexibility index (Phi) is 2.61. The van der Waals surface area contributed by atoms with Crippen LogP contribution >= 0.6 is 0 Å². The number of hydrogen-bond donors (Lipinski definition) is 0. The zero-order valence-corrected chi connectivity index (χ0v) is 8.25. The van der Waals surface area contributed by atoms with Crippen molar-refractivity contribution in [3.63, 3.8) is 0 Å². The van der Waals surface area contributed by atoms with E-state index in [2.05, 4.69) is 0 Å². The topological polar surface area (TPSA) is 26.3 Å². The number of para-hydroxylation sites is 1. The van der Waals surface area contributed by atoms with Crippen LogP contribution in [0.4, 0.5) is 13.2 Å². The second-order valence-corrected chi connectivity index (χ2v) is 3.68. The van der Waals surface area contributed by atoms with Crippen LogP contribution in [0.2, 0.25) is 0 Å². The summed E-state index contributed by atoms with van der Waals surface area (Å²) in [6, 6.07) is 5.02. The first-order valence-electron chi connectivity index (χ1n) is 4.81. The van der Waals surface area contributed by atoms with Crippen molar-refractivity contribution in [1.82, 2.24) is 0 Å². The molecule has 2 rings (SSSR count). The highest BCUT2D eigenvalue weighted by Crippen LogP contribution is 2.37. The summed E-state index contributed by atoms with van der Waals surface area (Å²) < 4.78 is 42.8. The third-order valence-corrected chi connectivity index (χ3v) is 2.40. The summed E-state index contributed by atoms with van der Waals surface area (Å²) in [4.78, 5) is 10.7. The number of alkyl halides is 3. The molecule has 0 radical (unpaired) electrons. The molecule has 86 valence electrons. The van der Waals surface area contributed by atoms with E-state index in [-0.39, 0.29) is 24.4 Å². The molecule has 1 fully saturated rings. The predicted octanol–water partition coefficient (Wildman–Crippen LogP) is 2.82. The zero-order chi connectivity index (χ0) is 11.8. The van der Waals surface area contributed by atoms with Gasteiger partial charge < -0.3 is 4.74 Å². The van der Waals surface area contributed by atoms with Crippen LogP contribution in [-0.4, -0.2) is 11.9 Å². The highest BCUT2D eigenvalue weighted by atomic mass is 19.4. The van der Waals surface area contributed by atoms with E-state index >= 15 is 0 Å².